The van der Waals surface area contributed by atoms with Gasteiger partial charge >= 0.3 is 0 Å². The van der Waals surface area contributed by atoms with Crippen molar-refractivity contribution in [2.45, 2.75) is 25.4 Å². The molecule has 1 N–H and O–H groups in total. The van der Waals surface area contributed by atoms with Crippen LogP contribution in [0.4, 0.5) is 0 Å². The molecule has 1 aromatic carbocycles. The number of nitrogens with zero attached hydrogens (tertiary/aromatic N) is 1. The fourth-order valence-corrected chi connectivity index (χ4v) is 2.51. The Balaban J connectivity index is 1.53. The molecule has 2 rings (SSSR count). The molecular weight excluding hydrogens is 254 g/mol. The molecule has 0 aliphatic carbocycles. The van der Waals surface area contributed by atoms with E-state index in [2.05, 4.69) is 4.90 Å². The van der Waals surface area contributed by atoms with Crippen LogP contribution in [0.2, 0.25) is 0 Å². The number of ether oxygens (including phenoxy) is 2. The lowest BCUT2D eigenvalue weighted by atomic mass is 10.1. The highest BCUT2D eigenvalue weighted by Crippen LogP contribution is 2.14. The summed E-state index contributed by atoms with van der Waals surface area (Å²) in [5, 5.41) is 8.74. The van der Waals surface area contributed by atoms with Crippen molar-refractivity contribution >= 4 is 0 Å². The van der Waals surface area contributed by atoms with Gasteiger partial charge in [-0.3, -0.25) is 0 Å². The topological polar surface area (TPSA) is 41.9 Å². The van der Waals surface area contributed by atoms with Crippen LogP contribution < -0.4 is 4.74 Å². The molecule has 0 bridgehead atoms. The van der Waals surface area contributed by atoms with E-state index in [1.807, 2.05) is 30.3 Å². The zero-order chi connectivity index (χ0) is 14.0. The maximum atomic E-state index is 8.74. The van der Waals surface area contributed by atoms with Crippen molar-refractivity contribution in [3.63, 3.8) is 0 Å². The molecule has 4 heteroatoms. The van der Waals surface area contributed by atoms with Gasteiger partial charge in [0, 0.05) is 19.6 Å². The number of likely N-dealkylation sites (tertiary alicyclic amines) is 1. The van der Waals surface area contributed by atoms with Gasteiger partial charge in [0.25, 0.3) is 0 Å². The Morgan fingerprint density at radius 1 is 1.10 bits per heavy atom. The van der Waals surface area contributed by atoms with Crippen molar-refractivity contribution in [3.8, 4) is 5.75 Å². The van der Waals surface area contributed by atoms with E-state index in [4.69, 9.17) is 14.6 Å². The van der Waals surface area contributed by atoms with Crippen molar-refractivity contribution in [1.29, 1.82) is 0 Å². The molecule has 1 fully saturated rings. The zero-order valence-electron chi connectivity index (χ0n) is 12.0. The maximum Gasteiger partial charge on any atom is 0.119 e. The molecule has 0 atom stereocenters. The summed E-state index contributed by atoms with van der Waals surface area (Å²) >= 11 is 0. The Morgan fingerprint density at radius 2 is 1.85 bits per heavy atom. The van der Waals surface area contributed by atoms with Crippen molar-refractivity contribution in [2.24, 2.45) is 0 Å². The summed E-state index contributed by atoms with van der Waals surface area (Å²) in [6.07, 6.45) is 3.52. The number of rotatable bonds is 8. The van der Waals surface area contributed by atoms with E-state index in [9.17, 15) is 0 Å². The molecular formula is C16H25NO3. The van der Waals surface area contributed by atoms with Gasteiger partial charge in [0.15, 0.2) is 0 Å². The molecule has 20 heavy (non-hydrogen) atoms. The van der Waals surface area contributed by atoms with Gasteiger partial charge in [0.1, 0.15) is 5.75 Å². The fourth-order valence-electron chi connectivity index (χ4n) is 2.51. The van der Waals surface area contributed by atoms with Crippen molar-refractivity contribution in [1.82, 2.24) is 4.90 Å². The Kier molecular flexibility index (Phi) is 6.84. The number of piperidine rings is 1. The minimum Gasteiger partial charge on any atom is -0.494 e. The Morgan fingerprint density at radius 3 is 2.55 bits per heavy atom. The molecule has 1 aromatic rings. The van der Waals surface area contributed by atoms with Gasteiger partial charge in [-0.05, 0) is 31.4 Å². The molecule has 0 unspecified atom stereocenters. The minimum atomic E-state index is 0.122. The van der Waals surface area contributed by atoms with E-state index in [1.165, 1.54) is 0 Å². The molecule has 112 valence electrons. The van der Waals surface area contributed by atoms with Gasteiger partial charge in [0.05, 0.1) is 25.9 Å². The third-order valence-corrected chi connectivity index (χ3v) is 3.61. The Hall–Kier alpha value is -1.10. The van der Waals surface area contributed by atoms with E-state index >= 15 is 0 Å². The standard InChI is InChI=1S/C16H25NO3/c18-12-14-20-16-7-10-17(11-8-16)9-4-13-19-15-5-2-1-3-6-15/h1-3,5-6,16,18H,4,7-14H2. The first-order chi connectivity index (χ1) is 9.88. The summed E-state index contributed by atoms with van der Waals surface area (Å²) in [5.41, 5.74) is 0. The molecule has 1 aliphatic rings. The zero-order valence-corrected chi connectivity index (χ0v) is 12.0. The van der Waals surface area contributed by atoms with Crippen LogP contribution in [0.15, 0.2) is 30.3 Å². The van der Waals surface area contributed by atoms with E-state index in [-0.39, 0.29) is 6.61 Å². The number of benzene rings is 1. The summed E-state index contributed by atoms with van der Waals surface area (Å²) < 4.78 is 11.3. The average Bonchev–Trinajstić information content (AvgIpc) is 2.52. The Labute approximate surface area is 121 Å². The third kappa shape index (κ3) is 5.49. The SMILES string of the molecule is OCCOC1CCN(CCCOc2ccccc2)CC1. The van der Waals surface area contributed by atoms with E-state index in [0.29, 0.717) is 12.7 Å². The molecule has 0 spiro atoms. The number of para-hydroxylation sites is 1. The summed E-state index contributed by atoms with van der Waals surface area (Å²) in [6, 6.07) is 9.96. The van der Waals surface area contributed by atoms with Crippen molar-refractivity contribution in [2.75, 3.05) is 39.5 Å². The number of aliphatic hydroxyl groups is 1. The largest absolute Gasteiger partial charge is 0.494 e. The highest BCUT2D eigenvalue weighted by molar-refractivity contribution is 5.20. The van der Waals surface area contributed by atoms with E-state index < -0.39 is 0 Å². The highest BCUT2D eigenvalue weighted by atomic mass is 16.5. The maximum absolute atomic E-state index is 8.74. The van der Waals surface area contributed by atoms with Crippen LogP contribution in [-0.4, -0.2) is 55.6 Å². The normalized spacial score (nSPS) is 17.2. The predicted octanol–water partition coefficient (Wildman–Crippen LogP) is 1.93. The molecule has 4 nitrogen and oxygen atoms in total. The molecule has 0 amide bonds. The predicted molar refractivity (Wildman–Crippen MR) is 79.1 cm³/mol. The van der Waals surface area contributed by atoms with Crippen LogP contribution in [-0.2, 0) is 4.74 Å². The lowest BCUT2D eigenvalue weighted by Crippen LogP contribution is -2.38. The molecule has 1 heterocycles. The second-order valence-electron chi connectivity index (χ2n) is 5.15. The minimum absolute atomic E-state index is 0.122. The number of hydrogen-bond donors (Lipinski definition) is 1. The van der Waals surface area contributed by atoms with Crippen LogP contribution in [0.1, 0.15) is 19.3 Å². The van der Waals surface area contributed by atoms with Crippen LogP contribution in [0.25, 0.3) is 0 Å². The molecule has 0 aromatic heterocycles. The summed E-state index contributed by atoms with van der Waals surface area (Å²) in [7, 11) is 0. The van der Waals surface area contributed by atoms with Crippen molar-refractivity contribution < 1.29 is 14.6 Å². The molecule has 1 saturated heterocycles. The molecule has 1 aliphatic heterocycles. The molecule has 0 radical (unpaired) electrons. The second-order valence-corrected chi connectivity index (χ2v) is 5.15. The van der Waals surface area contributed by atoms with Gasteiger partial charge < -0.3 is 19.5 Å². The van der Waals surface area contributed by atoms with Crippen LogP contribution in [0.5, 0.6) is 5.75 Å². The number of hydrogen-bond acceptors (Lipinski definition) is 4. The monoisotopic (exact) mass is 279 g/mol. The van der Waals surface area contributed by atoms with E-state index in [0.717, 1.165) is 51.3 Å². The quantitative estimate of drug-likeness (QED) is 0.738. The number of aliphatic hydroxyl groups excluding tert-OH is 1. The van der Waals surface area contributed by atoms with Gasteiger partial charge in [-0.2, -0.15) is 0 Å². The van der Waals surface area contributed by atoms with Crippen LogP contribution in [0.3, 0.4) is 0 Å². The van der Waals surface area contributed by atoms with E-state index in [1.54, 1.807) is 0 Å². The van der Waals surface area contributed by atoms with Gasteiger partial charge in [-0.25, -0.2) is 0 Å². The smallest absolute Gasteiger partial charge is 0.119 e. The lowest BCUT2D eigenvalue weighted by molar-refractivity contribution is -0.00820. The lowest BCUT2D eigenvalue weighted by Gasteiger charge is -2.31. The van der Waals surface area contributed by atoms with Gasteiger partial charge in [-0.1, -0.05) is 18.2 Å². The first-order valence-electron chi connectivity index (χ1n) is 7.51. The van der Waals surface area contributed by atoms with Gasteiger partial charge in [0.2, 0.25) is 0 Å². The Bertz CT molecular complexity index is 350. The van der Waals surface area contributed by atoms with Gasteiger partial charge in [-0.15, -0.1) is 0 Å². The summed E-state index contributed by atoms with van der Waals surface area (Å²) in [4.78, 5) is 2.47. The second kappa shape index (κ2) is 8.95. The fraction of sp³-hybridized carbons (Fsp3) is 0.625. The van der Waals surface area contributed by atoms with Crippen LogP contribution in [0, 0.1) is 0 Å². The van der Waals surface area contributed by atoms with Crippen molar-refractivity contribution in [3.05, 3.63) is 30.3 Å². The summed E-state index contributed by atoms with van der Waals surface area (Å²) in [5.74, 6) is 0.948. The third-order valence-electron chi connectivity index (χ3n) is 3.61. The highest BCUT2D eigenvalue weighted by Gasteiger charge is 2.18. The van der Waals surface area contributed by atoms with Crippen LogP contribution >= 0.6 is 0 Å². The first-order valence-corrected chi connectivity index (χ1v) is 7.51. The molecule has 0 saturated carbocycles. The first kappa shape index (κ1) is 15.3. The summed E-state index contributed by atoms with van der Waals surface area (Å²) in [6.45, 7) is 4.61. The average molecular weight is 279 g/mol.